The van der Waals surface area contributed by atoms with Crippen molar-refractivity contribution in [1.29, 1.82) is 0 Å². The van der Waals surface area contributed by atoms with Crippen molar-refractivity contribution in [2.24, 2.45) is 5.73 Å². The number of nitrogens with two attached hydrogens (primary N) is 1. The van der Waals surface area contributed by atoms with Gasteiger partial charge in [0.25, 0.3) is 10.2 Å². The van der Waals surface area contributed by atoms with Crippen LogP contribution >= 0.6 is 0 Å². The van der Waals surface area contributed by atoms with Crippen LogP contribution in [-0.2, 0) is 10.2 Å². The van der Waals surface area contributed by atoms with Gasteiger partial charge in [0.05, 0.1) is 0 Å². The van der Waals surface area contributed by atoms with Gasteiger partial charge in [-0.2, -0.15) is 12.7 Å². The van der Waals surface area contributed by atoms with Gasteiger partial charge >= 0.3 is 0 Å². The Morgan fingerprint density at radius 1 is 1.58 bits per heavy atom. The SMILES string of the molecule is CNS(=O)(=O)N1CCC(N)C1C. The lowest BCUT2D eigenvalue weighted by atomic mass is 10.2. The number of hydrogen-bond donors (Lipinski definition) is 2. The molecule has 3 N–H and O–H groups in total. The van der Waals surface area contributed by atoms with Crippen LogP contribution in [0.5, 0.6) is 0 Å². The van der Waals surface area contributed by atoms with Crippen molar-refractivity contribution in [2.75, 3.05) is 13.6 Å². The first-order valence-electron chi connectivity index (χ1n) is 3.95. The third-order valence-corrected chi connectivity index (χ3v) is 3.97. The Hall–Kier alpha value is -0.170. The Bertz CT molecular complexity index is 252. The van der Waals surface area contributed by atoms with E-state index in [2.05, 4.69) is 4.72 Å². The maximum absolute atomic E-state index is 11.3. The molecule has 0 aliphatic carbocycles. The van der Waals surface area contributed by atoms with E-state index in [9.17, 15) is 8.42 Å². The molecule has 1 heterocycles. The zero-order valence-electron chi connectivity index (χ0n) is 7.32. The average molecular weight is 193 g/mol. The van der Waals surface area contributed by atoms with Gasteiger partial charge in [-0.3, -0.25) is 0 Å². The summed E-state index contributed by atoms with van der Waals surface area (Å²) < 4.78 is 26.3. The first kappa shape index (κ1) is 9.91. The van der Waals surface area contributed by atoms with Crippen LogP contribution in [-0.4, -0.2) is 38.4 Å². The maximum atomic E-state index is 11.3. The van der Waals surface area contributed by atoms with E-state index in [1.165, 1.54) is 11.4 Å². The highest BCUT2D eigenvalue weighted by Crippen LogP contribution is 2.18. The summed E-state index contributed by atoms with van der Waals surface area (Å²) in [5.41, 5.74) is 5.69. The molecule has 0 bridgehead atoms. The molecule has 0 aromatic carbocycles. The minimum absolute atomic E-state index is 0.0341. The first-order chi connectivity index (χ1) is 5.49. The summed E-state index contributed by atoms with van der Waals surface area (Å²) in [6, 6.07) is -0.129. The van der Waals surface area contributed by atoms with Gasteiger partial charge in [-0.1, -0.05) is 0 Å². The highest BCUT2D eigenvalue weighted by atomic mass is 32.2. The minimum atomic E-state index is -3.28. The van der Waals surface area contributed by atoms with E-state index in [-0.39, 0.29) is 12.1 Å². The van der Waals surface area contributed by atoms with Crippen molar-refractivity contribution in [2.45, 2.75) is 25.4 Å². The lowest BCUT2D eigenvalue weighted by Crippen LogP contribution is -2.44. The molecular weight excluding hydrogens is 178 g/mol. The zero-order chi connectivity index (χ0) is 9.35. The zero-order valence-corrected chi connectivity index (χ0v) is 8.13. The van der Waals surface area contributed by atoms with Crippen LogP contribution < -0.4 is 10.5 Å². The fraction of sp³-hybridized carbons (Fsp3) is 1.00. The van der Waals surface area contributed by atoms with Crippen LogP contribution in [0.25, 0.3) is 0 Å². The molecular formula is C6H15N3O2S. The second kappa shape index (κ2) is 3.29. The molecule has 1 aliphatic rings. The molecule has 0 saturated carbocycles. The van der Waals surface area contributed by atoms with E-state index in [0.717, 1.165) is 6.42 Å². The number of rotatable bonds is 2. The first-order valence-corrected chi connectivity index (χ1v) is 5.39. The van der Waals surface area contributed by atoms with Gasteiger partial charge in [-0.25, -0.2) is 4.72 Å². The van der Waals surface area contributed by atoms with Crippen molar-refractivity contribution >= 4 is 10.2 Å². The van der Waals surface area contributed by atoms with Gasteiger partial charge in [-0.15, -0.1) is 0 Å². The molecule has 1 saturated heterocycles. The van der Waals surface area contributed by atoms with Gasteiger partial charge in [0.15, 0.2) is 0 Å². The molecule has 0 amide bonds. The maximum Gasteiger partial charge on any atom is 0.279 e. The highest BCUT2D eigenvalue weighted by Gasteiger charge is 2.35. The molecule has 2 unspecified atom stereocenters. The lowest BCUT2D eigenvalue weighted by Gasteiger charge is -2.21. The van der Waals surface area contributed by atoms with Crippen molar-refractivity contribution in [3.8, 4) is 0 Å². The topological polar surface area (TPSA) is 75.4 Å². The molecule has 0 aromatic heterocycles. The van der Waals surface area contributed by atoms with Gasteiger partial charge in [0, 0.05) is 25.7 Å². The molecule has 0 aromatic rings. The number of nitrogens with one attached hydrogen (secondary N) is 1. The minimum Gasteiger partial charge on any atom is -0.326 e. The van der Waals surface area contributed by atoms with E-state index in [1.807, 2.05) is 6.92 Å². The van der Waals surface area contributed by atoms with Crippen molar-refractivity contribution < 1.29 is 8.42 Å². The predicted molar refractivity (Wildman–Crippen MR) is 46.7 cm³/mol. The van der Waals surface area contributed by atoms with Crippen LogP contribution in [0.3, 0.4) is 0 Å². The monoisotopic (exact) mass is 193 g/mol. The molecule has 72 valence electrons. The van der Waals surface area contributed by atoms with E-state index < -0.39 is 10.2 Å². The van der Waals surface area contributed by atoms with Crippen molar-refractivity contribution in [1.82, 2.24) is 9.03 Å². The summed E-state index contributed by atoms with van der Waals surface area (Å²) in [5.74, 6) is 0. The molecule has 5 nitrogen and oxygen atoms in total. The normalized spacial score (nSPS) is 32.6. The van der Waals surface area contributed by atoms with Crippen LogP contribution in [0.15, 0.2) is 0 Å². The molecule has 2 atom stereocenters. The van der Waals surface area contributed by atoms with Gasteiger partial charge in [-0.05, 0) is 13.3 Å². The second-order valence-electron chi connectivity index (χ2n) is 3.01. The summed E-state index contributed by atoms with van der Waals surface area (Å²) in [4.78, 5) is 0. The summed E-state index contributed by atoms with van der Waals surface area (Å²) in [6.45, 7) is 2.35. The molecule has 1 fully saturated rings. The average Bonchev–Trinajstić information content (AvgIpc) is 2.33. The molecule has 0 spiro atoms. The third-order valence-electron chi connectivity index (χ3n) is 2.32. The Kier molecular flexibility index (Phi) is 2.72. The van der Waals surface area contributed by atoms with Crippen LogP contribution in [0, 0.1) is 0 Å². The van der Waals surface area contributed by atoms with E-state index >= 15 is 0 Å². The fourth-order valence-electron chi connectivity index (χ4n) is 1.39. The Labute approximate surface area is 73.1 Å². The highest BCUT2D eigenvalue weighted by molar-refractivity contribution is 7.87. The number of hydrogen-bond acceptors (Lipinski definition) is 3. The largest absolute Gasteiger partial charge is 0.326 e. The smallest absolute Gasteiger partial charge is 0.279 e. The van der Waals surface area contributed by atoms with E-state index in [0.29, 0.717) is 6.54 Å². The Morgan fingerprint density at radius 2 is 2.17 bits per heavy atom. The predicted octanol–water partition coefficient (Wildman–Crippen LogP) is -1.13. The molecule has 0 radical (unpaired) electrons. The van der Waals surface area contributed by atoms with Crippen molar-refractivity contribution in [3.05, 3.63) is 0 Å². The molecule has 1 rings (SSSR count). The number of nitrogens with zero attached hydrogens (tertiary/aromatic N) is 1. The standard InChI is InChI=1S/C6H15N3O2S/c1-5-6(7)3-4-9(5)12(10,11)8-2/h5-6,8H,3-4,7H2,1-2H3. The molecule has 12 heavy (non-hydrogen) atoms. The van der Waals surface area contributed by atoms with Gasteiger partial charge in [0.1, 0.15) is 0 Å². The van der Waals surface area contributed by atoms with Crippen LogP contribution in [0.2, 0.25) is 0 Å². The summed E-state index contributed by atoms with van der Waals surface area (Å²) in [7, 11) is -1.87. The van der Waals surface area contributed by atoms with Crippen LogP contribution in [0.4, 0.5) is 0 Å². The fourth-order valence-corrected chi connectivity index (χ4v) is 2.57. The van der Waals surface area contributed by atoms with E-state index in [1.54, 1.807) is 0 Å². The third kappa shape index (κ3) is 1.61. The molecule has 1 aliphatic heterocycles. The molecule has 6 heteroatoms. The summed E-state index contributed by atoms with van der Waals surface area (Å²) in [6.07, 6.45) is 0.738. The van der Waals surface area contributed by atoms with E-state index in [4.69, 9.17) is 5.73 Å². The lowest BCUT2D eigenvalue weighted by molar-refractivity contribution is 0.388. The summed E-state index contributed by atoms with van der Waals surface area (Å²) >= 11 is 0. The van der Waals surface area contributed by atoms with Crippen LogP contribution in [0.1, 0.15) is 13.3 Å². The van der Waals surface area contributed by atoms with Crippen molar-refractivity contribution in [3.63, 3.8) is 0 Å². The second-order valence-corrected chi connectivity index (χ2v) is 4.84. The van der Waals surface area contributed by atoms with Gasteiger partial charge in [0.2, 0.25) is 0 Å². The quantitative estimate of drug-likeness (QED) is 0.583. The summed E-state index contributed by atoms with van der Waals surface area (Å²) in [5, 5.41) is 0. The Balaban J connectivity index is 2.79. The van der Waals surface area contributed by atoms with Gasteiger partial charge < -0.3 is 5.73 Å². The Morgan fingerprint density at radius 3 is 2.50 bits per heavy atom.